The van der Waals surface area contributed by atoms with E-state index in [9.17, 15) is 8.42 Å². The summed E-state index contributed by atoms with van der Waals surface area (Å²) in [5, 5.41) is 0. The first kappa shape index (κ1) is 17.2. The SMILES string of the molecule is COc1cccc(CNS(=O)(=O)c2ccc(-c3ccccc3)cc2)c1. The number of rotatable bonds is 6. The predicted octanol–water partition coefficient (Wildman–Crippen LogP) is 3.84. The van der Waals surface area contributed by atoms with Gasteiger partial charge in [-0.15, -0.1) is 0 Å². The van der Waals surface area contributed by atoms with Crippen LogP contribution in [0.1, 0.15) is 5.56 Å². The summed E-state index contributed by atoms with van der Waals surface area (Å²) in [4.78, 5) is 0.245. The summed E-state index contributed by atoms with van der Waals surface area (Å²) in [6, 6.07) is 24.0. The third-order valence-corrected chi connectivity index (χ3v) is 5.29. The summed E-state index contributed by atoms with van der Waals surface area (Å²) in [7, 11) is -1.99. The topological polar surface area (TPSA) is 55.4 Å². The molecule has 0 radical (unpaired) electrons. The smallest absolute Gasteiger partial charge is 0.240 e. The van der Waals surface area contributed by atoms with Gasteiger partial charge < -0.3 is 4.74 Å². The van der Waals surface area contributed by atoms with Crippen LogP contribution in [0.5, 0.6) is 5.75 Å². The largest absolute Gasteiger partial charge is 0.497 e. The molecule has 0 aliphatic rings. The molecule has 0 fully saturated rings. The van der Waals surface area contributed by atoms with Crippen molar-refractivity contribution >= 4 is 10.0 Å². The third kappa shape index (κ3) is 4.26. The first-order valence-corrected chi connectivity index (χ1v) is 9.35. The normalized spacial score (nSPS) is 11.2. The third-order valence-electron chi connectivity index (χ3n) is 3.87. The fourth-order valence-corrected chi connectivity index (χ4v) is 3.52. The molecule has 0 unspecified atom stereocenters. The van der Waals surface area contributed by atoms with E-state index in [4.69, 9.17) is 4.74 Å². The van der Waals surface area contributed by atoms with E-state index < -0.39 is 10.0 Å². The van der Waals surface area contributed by atoms with Gasteiger partial charge in [-0.1, -0.05) is 54.6 Å². The summed E-state index contributed by atoms with van der Waals surface area (Å²) in [6.07, 6.45) is 0. The zero-order valence-electron chi connectivity index (χ0n) is 13.8. The number of ether oxygens (including phenoxy) is 1. The molecule has 1 N–H and O–H groups in total. The van der Waals surface area contributed by atoms with E-state index in [2.05, 4.69) is 4.72 Å². The van der Waals surface area contributed by atoms with E-state index in [0.717, 1.165) is 16.7 Å². The number of hydrogen-bond acceptors (Lipinski definition) is 3. The van der Waals surface area contributed by atoms with Crippen LogP contribution in [-0.4, -0.2) is 15.5 Å². The Morgan fingerprint density at radius 3 is 2.20 bits per heavy atom. The lowest BCUT2D eigenvalue weighted by molar-refractivity contribution is 0.414. The van der Waals surface area contributed by atoms with Crippen molar-refractivity contribution in [3.8, 4) is 16.9 Å². The maximum Gasteiger partial charge on any atom is 0.240 e. The lowest BCUT2D eigenvalue weighted by Gasteiger charge is -2.09. The number of benzene rings is 3. The van der Waals surface area contributed by atoms with Crippen LogP contribution < -0.4 is 9.46 Å². The molecular weight excluding hydrogens is 334 g/mol. The lowest BCUT2D eigenvalue weighted by Crippen LogP contribution is -2.23. The lowest BCUT2D eigenvalue weighted by atomic mass is 10.1. The van der Waals surface area contributed by atoms with Gasteiger partial charge in [0.2, 0.25) is 10.0 Å². The predicted molar refractivity (Wildman–Crippen MR) is 98.9 cm³/mol. The maximum absolute atomic E-state index is 12.5. The molecule has 0 spiro atoms. The van der Waals surface area contributed by atoms with Gasteiger partial charge in [-0.05, 0) is 41.0 Å². The summed E-state index contributed by atoms with van der Waals surface area (Å²) in [6.45, 7) is 0.208. The van der Waals surface area contributed by atoms with Crippen molar-refractivity contribution < 1.29 is 13.2 Å². The molecule has 128 valence electrons. The van der Waals surface area contributed by atoms with Crippen LogP contribution in [0.4, 0.5) is 0 Å². The number of nitrogens with one attached hydrogen (secondary N) is 1. The van der Waals surface area contributed by atoms with Gasteiger partial charge in [0.05, 0.1) is 12.0 Å². The van der Waals surface area contributed by atoms with Crippen LogP contribution in [0, 0.1) is 0 Å². The quantitative estimate of drug-likeness (QED) is 0.732. The fraction of sp³-hybridized carbons (Fsp3) is 0.100. The van der Waals surface area contributed by atoms with Crippen LogP contribution in [0.3, 0.4) is 0 Å². The molecule has 0 aliphatic heterocycles. The highest BCUT2D eigenvalue weighted by Crippen LogP contribution is 2.21. The highest BCUT2D eigenvalue weighted by Gasteiger charge is 2.13. The minimum absolute atomic E-state index is 0.208. The Morgan fingerprint density at radius 2 is 1.52 bits per heavy atom. The Balaban J connectivity index is 1.73. The molecule has 0 amide bonds. The summed E-state index contributed by atoms with van der Waals surface area (Å²) < 4.78 is 32.7. The van der Waals surface area contributed by atoms with Crippen molar-refractivity contribution in [1.29, 1.82) is 0 Å². The highest BCUT2D eigenvalue weighted by atomic mass is 32.2. The van der Waals surface area contributed by atoms with Crippen molar-refractivity contribution in [3.63, 3.8) is 0 Å². The zero-order valence-corrected chi connectivity index (χ0v) is 14.7. The van der Waals surface area contributed by atoms with Crippen molar-refractivity contribution in [3.05, 3.63) is 84.4 Å². The van der Waals surface area contributed by atoms with E-state index in [1.54, 1.807) is 25.3 Å². The Hall–Kier alpha value is -2.63. The molecule has 3 aromatic carbocycles. The second kappa shape index (κ2) is 7.51. The highest BCUT2D eigenvalue weighted by molar-refractivity contribution is 7.89. The molecule has 0 aliphatic carbocycles. The molecule has 0 heterocycles. The van der Waals surface area contributed by atoms with Crippen molar-refractivity contribution in [2.75, 3.05) is 7.11 Å². The number of hydrogen-bond donors (Lipinski definition) is 1. The molecule has 0 bridgehead atoms. The number of methoxy groups -OCH3 is 1. The second-order valence-corrected chi connectivity index (χ2v) is 7.33. The van der Waals surface area contributed by atoms with Crippen LogP contribution in [0.2, 0.25) is 0 Å². The average molecular weight is 353 g/mol. The monoisotopic (exact) mass is 353 g/mol. The van der Waals surface area contributed by atoms with Gasteiger partial charge in [-0.3, -0.25) is 0 Å². The zero-order chi connectivity index (χ0) is 17.7. The van der Waals surface area contributed by atoms with Gasteiger partial charge in [-0.25, -0.2) is 13.1 Å². The summed E-state index contributed by atoms with van der Waals surface area (Å²) in [5.41, 5.74) is 2.87. The van der Waals surface area contributed by atoms with Crippen LogP contribution in [-0.2, 0) is 16.6 Å². The van der Waals surface area contributed by atoms with Gasteiger partial charge in [-0.2, -0.15) is 0 Å². The van der Waals surface area contributed by atoms with Gasteiger partial charge >= 0.3 is 0 Å². The van der Waals surface area contributed by atoms with E-state index in [1.165, 1.54) is 0 Å². The molecule has 0 atom stereocenters. The Kier molecular flexibility index (Phi) is 5.16. The fourth-order valence-electron chi connectivity index (χ4n) is 2.50. The maximum atomic E-state index is 12.5. The molecule has 4 nitrogen and oxygen atoms in total. The molecule has 3 rings (SSSR count). The van der Waals surface area contributed by atoms with Gasteiger partial charge in [0, 0.05) is 6.54 Å². The molecule has 0 saturated carbocycles. The van der Waals surface area contributed by atoms with Gasteiger partial charge in [0.25, 0.3) is 0 Å². The summed E-state index contributed by atoms with van der Waals surface area (Å²) in [5.74, 6) is 0.698. The minimum atomic E-state index is -3.57. The van der Waals surface area contributed by atoms with E-state index in [0.29, 0.717) is 5.75 Å². The summed E-state index contributed by atoms with van der Waals surface area (Å²) >= 11 is 0. The molecule has 0 aromatic heterocycles. The first-order valence-electron chi connectivity index (χ1n) is 7.86. The Bertz CT molecular complexity index is 936. The van der Waals surface area contributed by atoms with E-state index in [1.807, 2.05) is 60.7 Å². The van der Waals surface area contributed by atoms with E-state index in [-0.39, 0.29) is 11.4 Å². The molecule has 25 heavy (non-hydrogen) atoms. The van der Waals surface area contributed by atoms with Crippen LogP contribution >= 0.6 is 0 Å². The molecule has 5 heteroatoms. The van der Waals surface area contributed by atoms with Crippen LogP contribution in [0.25, 0.3) is 11.1 Å². The first-order chi connectivity index (χ1) is 12.1. The molecular formula is C20H19NO3S. The van der Waals surface area contributed by atoms with Crippen molar-refractivity contribution in [2.45, 2.75) is 11.4 Å². The molecule has 3 aromatic rings. The standard InChI is InChI=1S/C20H19NO3S/c1-24-19-9-5-6-16(14-19)15-21-25(22,23)20-12-10-18(11-13-20)17-7-3-2-4-8-17/h2-14,21H,15H2,1H3. The van der Waals surface area contributed by atoms with Crippen molar-refractivity contribution in [2.24, 2.45) is 0 Å². The second-order valence-electron chi connectivity index (χ2n) is 5.57. The van der Waals surface area contributed by atoms with E-state index >= 15 is 0 Å². The Labute approximate surface area is 148 Å². The Morgan fingerprint density at radius 1 is 0.840 bits per heavy atom. The minimum Gasteiger partial charge on any atom is -0.497 e. The molecule has 0 saturated heterocycles. The van der Waals surface area contributed by atoms with Crippen molar-refractivity contribution in [1.82, 2.24) is 4.72 Å². The number of sulfonamides is 1. The van der Waals surface area contributed by atoms with Gasteiger partial charge in [0.15, 0.2) is 0 Å². The van der Waals surface area contributed by atoms with Crippen LogP contribution in [0.15, 0.2) is 83.8 Å². The van der Waals surface area contributed by atoms with Gasteiger partial charge in [0.1, 0.15) is 5.75 Å². The average Bonchev–Trinajstić information content (AvgIpc) is 2.67.